The highest BCUT2D eigenvalue weighted by molar-refractivity contribution is 6.31. The fourth-order valence-corrected chi connectivity index (χ4v) is 1.93. The van der Waals surface area contributed by atoms with Gasteiger partial charge in [0.1, 0.15) is 5.75 Å². The lowest BCUT2D eigenvalue weighted by Gasteiger charge is -2.16. The van der Waals surface area contributed by atoms with E-state index in [0.717, 1.165) is 30.0 Å². The first-order chi connectivity index (χ1) is 8.58. The molecule has 0 saturated heterocycles. The van der Waals surface area contributed by atoms with E-state index in [9.17, 15) is 0 Å². The maximum absolute atomic E-state index is 6.06. The van der Waals surface area contributed by atoms with Crippen LogP contribution in [0.4, 0.5) is 5.69 Å². The molecule has 0 saturated carbocycles. The summed E-state index contributed by atoms with van der Waals surface area (Å²) in [4.78, 5) is 0. The second-order valence-electron chi connectivity index (χ2n) is 4.58. The van der Waals surface area contributed by atoms with E-state index in [4.69, 9.17) is 22.1 Å². The highest BCUT2D eigenvalue weighted by Crippen LogP contribution is 2.30. The van der Waals surface area contributed by atoms with Crippen molar-refractivity contribution in [2.24, 2.45) is 5.73 Å². The number of ether oxygens (including phenoxy) is 1. The van der Waals surface area contributed by atoms with Crippen molar-refractivity contribution in [1.29, 1.82) is 0 Å². The number of nitrogens with one attached hydrogen (secondary N) is 1. The lowest BCUT2D eigenvalue weighted by atomic mass is 10.1. The van der Waals surface area contributed by atoms with Gasteiger partial charge in [-0.05, 0) is 25.0 Å². The van der Waals surface area contributed by atoms with Gasteiger partial charge in [-0.25, -0.2) is 0 Å². The maximum Gasteiger partial charge on any atom is 0.143 e. The predicted molar refractivity (Wildman–Crippen MR) is 78.7 cm³/mol. The zero-order valence-corrected chi connectivity index (χ0v) is 12.2. The predicted octanol–water partition coefficient (Wildman–Crippen LogP) is 3.59. The standard InChI is InChI=1S/C14H23ClN2O/c1-4-5-6-11(16)9-17-13-7-10(2)12(15)8-14(13)18-3/h7-8,11,17H,4-6,9,16H2,1-3H3. The molecule has 0 fully saturated rings. The van der Waals surface area contributed by atoms with Crippen LogP contribution in [0.3, 0.4) is 0 Å². The number of rotatable bonds is 7. The molecule has 0 bridgehead atoms. The second-order valence-corrected chi connectivity index (χ2v) is 4.99. The zero-order valence-electron chi connectivity index (χ0n) is 11.4. The molecule has 1 unspecified atom stereocenters. The van der Waals surface area contributed by atoms with Crippen LogP contribution < -0.4 is 15.8 Å². The van der Waals surface area contributed by atoms with Gasteiger partial charge in [-0.1, -0.05) is 31.4 Å². The summed E-state index contributed by atoms with van der Waals surface area (Å²) in [6, 6.07) is 4.00. The van der Waals surface area contributed by atoms with Crippen LogP contribution in [0.1, 0.15) is 31.7 Å². The number of benzene rings is 1. The molecule has 1 atom stereocenters. The van der Waals surface area contributed by atoms with Crippen molar-refractivity contribution < 1.29 is 4.74 Å². The Morgan fingerprint density at radius 3 is 2.78 bits per heavy atom. The molecule has 0 radical (unpaired) electrons. The normalized spacial score (nSPS) is 12.3. The van der Waals surface area contributed by atoms with Gasteiger partial charge in [0.25, 0.3) is 0 Å². The van der Waals surface area contributed by atoms with Crippen LogP contribution in [-0.4, -0.2) is 19.7 Å². The number of unbranched alkanes of at least 4 members (excludes halogenated alkanes) is 1. The second kappa shape index (κ2) is 7.49. The number of anilines is 1. The molecule has 1 aromatic carbocycles. The SMILES string of the molecule is CCCCC(N)CNc1cc(C)c(Cl)cc1OC. The van der Waals surface area contributed by atoms with Gasteiger partial charge in [0.15, 0.2) is 0 Å². The van der Waals surface area contributed by atoms with Crippen molar-refractivity contribution in [3.63, 3.8) is 0 Å². The van der Waals surface area contributed by atoms with E-state index in [1.54, 1.807) is 7.11 Å². The van der Waals surface area contributed by atoms with Crippen LogP contribution in [0.15, 0.2) is 12.1 Å². The number of nitrogens with two attached hydrogens (primary N) is 1. The summed E-state index contributed by atoms with van der Waals surface area (Å²) >= 11 is 6.06. The molecule has 3 nitrogen and oxygen atoms in total. The Labute approximate surface area is 115 Å². The number of hydrogen-bond donors (Lipinski definition) is 2. The number of halogens is 1. The number of hydrogen-bond acceptors (Lipinski definition) is 3. The van der Waals surface area contributed by atoms with Crippen LogP contribution >= 0.6 is 11.6 Å². The molecule has 0 spiro atoms. The number of aryl methyl sites for hydroxylation is 1. The van der Waals surface area contributed by atoms with E-state index < -0.39 is 0 Å². The Bertz CT molecular complexity index is 382. The zero-order chi connectivity index (χ0) is 13.5. The van der Waals surface area contributed by atoms with E-state index in [1.807, 2.05) is 19.1 Å². The van der Waals surface area contributed by atoms with Gasteiger partial charge < -0.3 is 15.8 Å². The molecule has 1 aromatic rings. The average Bonchev–Trinajstić information content (AvgIpc) is 2.37. The van der Waals surface area contributed by atoms with Gasteiger partial charge in [-0.3, -0.25) is 0 Å². The van der Waals surface area contributed by atoms with Crippen molar-refractivity contribution in [3.8, 4) is 5.75 Å². The summed E-state index contributed by atoms with van der Waals surface area (Å²) in [5.41, 5.74) is 8.02. The van der Waals surface area contributed by atoms with Crippen LogP contribution in [-0.2, 0) is 0 Å². The Kier molecular flexibility index (Phi) is 6.30. The molecular weight excluding hydrogens is 248 g/mol. The molecule has 0 aliphatic carbocycles. The van der Waals surface area contributed by atoms with E-state index in [-0.39, 0.29) is 6.04 Å². The molecule has 18 heavy (non-hydrogen) atoms. The van der Waals surface area contributed by atoms with Crippen LogP contribution in [0.2, 0.25) is 5.02 Å². The number of methoxy groups -OCH3 is 1. The monoisotopic (exact) mass is 270 g/mol. The highest BCUT2D eigenvalue weighted by atomic mass is 35.5. The average molecular weight is 271 g/mol. The molecule has 0 aromatic heterocycles. The molecule has 102 valence electrons. The summed E-state index contributed by atoms with van der Waals surface area (Å²) < 4.78 is 5.31. The van der Waals surface area contributed by atoms with Gasteiger partial charge in [-0.2, -0.15) is 0 Å². The maximum atomic E-state index is 6.06. The minimum absolute atomic E-state index is 0.172. The van der Waals surface area contributed by atoms with Crippen molar-refractivity contribution in [2.75, 3.05) is 19.0 Å². The molecule has 1 rings (SSSR count). The van der Waals surface area contributed by atoms with Crippen LogP contribution in [0.5, 0.6) is 5.75 Å². The topological polar surface area (TPSA) is 47.3 Å². The fourth-order valence-electron chi connectivity index (χ4n) is 1.78. The summed E-state index contributed by atoms with van der Waals surface area (Å²) in [6.07, 6.45) is 3.38. The largest absolute Gasteiger partial charge is 0.495 e. The molecule has 3 N–H and O–H groups in total. The van der Waals surface area contributed by atoms with Crippen molar-refractivity contribution >= 4 is 17.3 Å². The van der Waals surface area contributed by atoms with E-state index in [2.05, 4.69) is 12.2 Å². The fraction of sp³-hybridized carbons (Fsp3) is 0.571. The van der Waals surface area contributed by atoms with E-state index in [1.165, 1.54) is 12.8 Å². The first-order valence-electron chi connectivity index (χ1n) is 6.42. The van der Waals surface area contributed by atoms with Crippen LogP contribution in [0, 0.1) is 6.92 Å². The molecule has 0 aliphatic heterocycles. The van der Waals surface area contributed by atoms with Crippen molar-refractivity contribution in [3.05, 3.63) is 22.7 Å². The summed E-state index contributed by atoms with van der Waals surface area (Å²) in [7, 11) is 1.64. The summed E-state index contributed by atoms with van der Waals surface area (Å²) in [5, 5.41) is 4.05. The summed E-state index contributed by atoms with van der Waals surface area (Å²) in [5.74, 6) is 0.758. The minimum atomic E-state index is 0.172. The van der Waals surface area contributed by atoms with Gasteiger partial charge in [0.05, 0.1) is 12.8 Å². The van der Waals surface area contributed by atoms with Crippen molar-refractivity contribution in [1.82, 2.24) is 0 Å². The van der Waals surface area contributed by atoms with E-state index >= 15 is 0 Å². The Morgan fingerprint density at radius 1 is 1.44 bits per heavy atom. The van der Waals surface area contributed by atoms with Gasteiger partial charge in [0, 0.05) is 23.7 Å². The molecule has 0 heterocycles. The van der Waals surface area contributed by atoms with Gasteiger partial charge >= 0.3 is 0 Å². The minimum Gasteiger partial charge on any atom is -0.495 e. The van der Waals surface area contributed by atoms with Gasteiger partial charge in [-0.15, -0.1) is 0 Å². The van der Waals surface area contributed by atoms with E-state index in [0.29, 0.717) is 5.02 Å². The van der Waals surface area contributed by atoms with Gasteiger partial charge in [0.2, 0.25) is 0 Å². The molecule has 0 amide bonds. The van der Waals surface area contributed by atoms with Crippen LogP contribution in [0.25, 0.3) is 0 Å². The Hall–Kier alpha value is -0.930. The lowest BCUT2D eigenvalue weighted by Crippen LogP contribution is -2.29. The highest BCUT2D eigenvalue weighted by Gasteiger charge is 2.08. The van der Waals surface area contributed by atoms with Crippen molar-refractivity contribution in [2.45, 2.75) is 39.2 Å². The first-order valence-corrected chi connectivity index (χ1v) is 6.79. The third-order valence-electron chi connectivity index (χ3n) is 2.96. The third kappa shape index (κ3) is 4.39. The molecule has 4 heteroatoms. The molecular formula is C14H23ClN2O. The Balaban J connectivity index is 2.63. The first kappa shape index (κ1) is 15.1. The molecule has 0 aliphatic rings. The smallest absolute Gasteiger partial charge is 0.143 e. The summed E-state index contributed by atoms with van der Waals surface area (Å²) in [6.45, 7) is 4.90. The quantitative estimate of drug-likeness (QED) is 0.796. The third-order valence-corrected chi connectivity index (χ3v) is 3.37. The lowest BCUT2D eigenvalue weighted by molar-refractivity contribution is 0.416. The Morgan fingerprint density at radius 2 is 2.17 bits per heavy atom.